The standard InChI is InChI=1S/C10H9BrOS/c11-10-4-3-8(2-1-5-13)6-9(10)7-12/h3-4,6,12-13H,5,7H2. The van der Waals surface area contributed by atoms with Gasteiger partial charge in [-0.15, -0.1) is 0 Å². The fraction of sp³-hybridized carbons (Fsp3) is 0.200. The van der Waals surface area contributed by atoms with Crippen LogP contribution in [0.25, 0.3) is 0 Å². The van der Waals surface area contributed by atoms with Crippen molar-refractivity contribution in [3.63, 3.8) is 0 Å². The summed E-state index contributed by atoms with van der Waals surface area (Å²) in [6.07, 6.45) is 0. The number of aliphatic hydroxyl groups is 1. The van der Waals surface area contributed by atoms with E-state index in [1.165, 1.54) is 0 Å². The number of thiol groups is 1. The second-order valence-corrected chi connectivity index (χ2v) is 3.59. The lowest BCUT2D eigenvalue weighted by molar-refractivity contribution is 0.281. The van der Waals surface area contributed by atoms with Crippen molar-refractivity contribution in [1.29, 1.82) is 0 Å². The molecule has 1 aromatic carbocycles. The molecule has 13 heavy (non-hydrogen) atoms. The Kier molecular flexibility index (Phi) is 4.37. The minimum Gasteiger partial charge on any atom is -0.392 e. The largest absolute Gasteiger partial charge is 0.392 e. The molecular formula is C10H9BrOS. The van der Waals surface area contributed by atoms with Gasteiger partial charge in [0.1, 0.15) is 0 Å². The quantitative estimate of drug-likeness (QED) is 0.584. The monoisotopic (exact) mass is 256 g/mol. The Morgan fingerprint density at radius 3 is 2.85 bits per heavy atom. The van der Waals surface area contributed by atoms with E-state index in [1.54, 1.807) is 0 Å². The highest BCUT2D eigenvalue weighted by atomic mass is 79.9. The Balaban J connectivity index is 2.99. The maximum Gasteiger partial charge on any atom is 0.0693 e. The average Bonchev–Trinajstić information content (AvgIpc) is 2.16. The number of hydrogen-bond donors (Lipinski definition) is 2. The highest BCUT2D eigenvalue weighted by Gasteiger charge is 1.97. The van der Waals surface area contributed by atoms with Gasteiger partial charge in [0.2, 0.25) is 0 Å². The molecule has 1 aromatic rings. The minimum absolute atomic E-state index is 0.0248. The maximum absolute atomic E-state index is 8.98. The molecule has 1 N–H and O–H groups in total. The second-order valence-electron chi connectivity index (χ2n) is 2.42. The highest BCUT2D eigenvalue weighted by molar-refractivity contribution is 9.10. The van der Waals surface area contributed by atoms with Crippen molar-refractivity contribution in [3.8, 4) is 11.8 Å². The zero-order valence-electron chi connectivity index (χ0n) is 6.92. The summed E-state index contributed by atoms with van der Waals surface area (Å²) in [4.78, 5) is 0. The molecular weight excluding hydrogens is 248 g/mol. The topological polar surface area (TPSA) is 20.2 Å². The molecule has 0 radical (unpaired) electrons. The van der Waals surface area contributed by atoms with Crippen LogP contribution in [0.1, 0.15) is 11.1 Å². The van der Waals surface area contributed by atoms with E-state index in [1.807, 2.05) is 18.2 Å². The summed E-state index contributed by atoms with van der Waals surface area (Å²) in [7, 11) is 0. The molecule has 0 aliphatic carbocycles. The zero-order valence-corrected chi connectivity index (χ0v) is 9.40. The molecule has 0 unspecified atom stereocenters. The molecule has 0 bridgehead atoms. The number of benzene rings is 1. The first-order chi connectivity index (χ1) is 6.27. The summed E-state index contributed by atoms with van der Waals surface area (Å²) in [5, 5.41) is 8.98. The summed E-state index contributed by atoms with van der Waals surface area (Å²) in [5.74, 6) is 6.34. The van der Waals surface area contributed by atoms with Gasteiger partial charge < -0.3 is 5.11 Å². The third kappa shape index (κ3) is 3.07. The maximum atomic E-state index is 8.98. The van der Waals surface area contributed by atoms with Crippen molar-refractivity contribution in [3.05, 3.63) is 33.8 Å². The van der Waals surface area contributed by atoms with E-state index in [-0.39, 0.29) is 6.61 Å². The van der Waals surface area contributed by atoms with Crippen LogP contribution in [-0.4, -0.2) is 10.9 Å². The third-order valence-electron chi connectivity index (χ3n) is 1.53. The third-order valence-corrected chi connectivity index (χ3v) is 2.46. The molecule has 0 aliphatic rings. The fourth-order valence-corrected chi connectivity index (χ4v) is 1.37. The zero-order chi connectivity index (χ0) is 9.68. The minimum atomic E-state index is 0.0248. The molecule has 0 aliphatic heterocycles. The second kappa shape index (κ2) is 5.33. The Morgan fingerprint density at radius 1 is 1.46 bits per heavy atom. The summed E-state index contributed by atoms with van der Waals surface area (Å²) in [5.41, 5.74) is 1.76. The number of rotatable bonds is 1. The normalized spacial score (nSPS) is 9.15. The van der Waals surface area contributed by atoms with E-state index in [0.29, 0.717) is 5.75 Å². The molecule has 68 valence electrons. The van der Waals surface area contributed by atoms with Gasteiger partial charge in [0.25, 0.3) is 0 Å². The van der Waals surface area contributed by atoms with E-state index >= 15 is 0 Å². The van der Waals surface area contributed by atoms with E-state index in [4.69, 9.17) is 5.11 Å². The van der Waals surface area contributed by atoms with Gasteiger partial charge in [-0.25, -0.2) is 0 Å². The smallest absolute Gasteiger partial charge is 0.0693 e. The summed E-state index contributed by atoms with van der Waals surface area (Å²) in [6.45, 7) is 0.0248. The van der Waals surface area contributed by atoms with Crippen molar-refractivity contribution in [2.45, 2.75) is 6.61 Å². The SMILES string of the molecule is OCc1cc(C#CCS)ccc1Br. The molecule has 3 heteroatoms. The molecule has 0 amide bonds. The number of hydrogen-bond acceptors (Lipinski definition) is 2. The Morgan fingerprint density at radius 2 is 2.23 bits per heavy atom. The van der Waals surface area contributed by atoms with E-state index in [0.717, 1.165) is 15.6 Å². The first kappa shape index (κ1) is 10.6. The van der Waals surface area contributed by atoms with E-state index in [2.05, 4.69) is 40.4 Å². The van der Waals surface area contributed by atoms with Crippen molar-refractivity contribution >= 4 is 28.6 Å². The molecule has 0 heterocycles. The highest BCUT2D eigenvalue weighted by Crippen LogP contribution is 2.17. The van der Waals surface area contributed by atoms with Crippen molar-refractivity contribution in [1.82, 2.24) is 0 Å². The predicted octanol–water partition coefficient (Wildman–Crippen LogP) is 2.22. The first-order valence-electron chi connectivity index (χ1n) is 3.77. The molecule has 0 saturated carbocycles. The summed E-state index contributed by atoms with van der Waals surface area (Å²) < 4.78 is 0.909. The van der Waals surface area contributed by atoms with Crippen LogP contribution in [-0.2, 0) is 6.61 Å². The molecule has 0 atom stereocenters. The molecule has 1 rings (SSSR count). The number of halogens is 1. The van der Waals surface area contributed by atoms with Crippen LogP contribution >= 0.6 is 28.6 Å². The van der Waals surface area contributed by atoms with Crippen LogP contribution in [0.4, 0.5) is 0 Å². The number of aliphatic hydroxyl groups excluding tert-OH is 1. The van der Waals surface area contributed by atoms with Gasteiger partial charge in [0.15, 0.2) is 0 Å². The van der Waals surface area contributed by atoms with Gasteiger partial charge in [0, 0.05) is 10.0 Å². The van der Waals surface area contributed by atoms with Crippen molar-refractivity contribution < 1.29 is 5.11 Å². The summed E-state index contributed by atoms with van der Waals surface area (Å²) >= 11 is 7.32. The molecule has 0 fully saturated rings. The molecule has 0 aromatic heterocycles. The fourth-order valence-electron chi connectivity index (χ4n) is 0.915. The van der Waals surface area contributed by atoms with Gasteiger partial charge in [-0.2, -0.15) is 12.6 Å². The van der Waals surface area contributed by atoms with Crippen LogP contribution in [0.2, 0.25) is 0 Å². The predicted molar refractivity (Wildman–Crippen MR) is 60.8 cm³/mol. The summed E-state index contributed by atoms with van der Waals surface area (Å²) in [6, 6.07) is 5.65. The van der Waals surface area contributed by atoms with Crippen LogP contribution in [0, 0.1) is 11.8 Å². The van der Waals surface area contributed by atoms with Crippen LogP contribution < -0.4 is 0 Å². The average molecular weight is 257 g/mol. The van der Waals surface area contributed by atoms with Gasteiger partial charge in [-0.3, -0.25) is 0 Å². The molecule has 1 nitrogen and oxygen atoms in total. The van der Waals surface area contributed by atoms with E-state index < -0.39 is 0 Å². The first-order valence-corrected chi connectivity index (χ1v) is 5.19. The molecule has 0 spiro atoms. The molecule has 0 saturated heterocycles. The van der Waals surface area contributed by atoms with Gasteiger partial charge in [0.05, 0.1) is 12.4 Å². The Hall–Kier alpha value is -0.430. The lowest BCUT2D eigenvalue weighted by Gasteiger charge is -2.00. The van der Waals surface area contributed by atoms with Crippen molar-refractivity contribution in [2.75, 3.05) is 5.75 Å². The van der Waals surface area contributed by atoms with Crippen LogP contribution in [0.3, 0.4) is 0 Å². The van der Waals surface area contributed by atoms with Gasteiger partial charge >= 0.3 is 0 Å². The lowest BCUT2D eigenvalue weighted by Crippen LogP contribution is -1.86. The van der Waals surface area contributed by atoms with Crippen molar-refractivity contribution in [2.24, 2.45) is 0 Å². The van der Waals surface area contributed by atoms with Gasteiger partial charge in [-0.1, -0.05) is 27.8 Å². The van der Waals surface area contributed by atoms with E-state index in [9.17, 15) is 0 Å². The van der Waals surface area contributed by atoms with Crippen LogP contribution in [0.5, 0.6) is 0 Å². The Bertz CT molecular complexity index is 352. The van der Waals surface area contributed by atoms with Crippen LogP contribution in [0.15, 0.2) is 22.7 Å². The van der Waals surface area contributed by atoms with Gasteiger partial charge in [-0.05, 0) is 23.8 Å². The Labute approximate surface area is 91.7 Å². The lowest BCUT2D eigenvalue weighted by atomic mass is 10.1.